The van der Waals surface area contributed by atoms with Crippen LogP contribution in [0.2, 0.25) is 0 Å². The Kier molecular flexibility index (Phi) is 4.00. The topological polar surface area (TPSA) is 23.6 Å². The lowest BCUT2D eigenvalue weighted by Crippen LogP contribution is -2.34. The molecule has 1 aliphatic heterocycles. The normalized spacial score (nSPS) is 18.5. The summed E-state index contributed by atoms with van der Waals surface area (Å²) in [4.78, 5) is 17.3. The summed E-state index contributed by atoms with van der Waals surface area (Å²) in [5.74, 6) is 0.164. The van der Waals surface area contributed by atoms with Gasteiger partial charge in [0.15, 0.2) is 0 Å². The Hall–Kier alpha value is -0.390. The first-order valence-corrected chi connectivity index (χ1v) is 7.06. The maximum Gasteiger partial charge on any atom is 0.265 e. The monoisotopic (exact) mass is 302 g/mol. The molecule has 1 fully saturated rings. The fraction of sp³-hybridized carbons (Fsp3) is 0.545. The Labute approximate surface area is 108 Å². The minimum atomic E-state index is 0.164. The summed E-state index contributed by atoms with van der Waals surface area (Å²) < 4.78 is 0.917. The average molecular weight is 303 g/mol. The van der Waals surface area contributed by atoms with Crippen LogP contribution in [-0.4, -0.2) is 48.9 Å². The smallest absolute Gasteiger partial charge is 0.265 e. The van der Waals surface area contributed by atoms with Crippen molar-refractivity contribution in [2.75, 3.05) is 33.2 Å². The van der Waals surface area contributed by atoms with Crippen LogP contribution >= 0.6 is 27.3 Å². The molecule has 0 radical (unpaired) electrons. The number of likely N-dealkylation sites (N-methyl/N-ethyl adjacent to an activating group) is 1. The van der Waals surface area contributed by atoms with Gasteiger partial charge in [-0.3, -0.25) is 4.79 Å². The Morgan fingerprint density at radius 3 is 2.88 bits per heavy atom. The zero-order valence-electron chi connectivity index (χ0n) is 9.28. The first-order valence-electron chi connectivity index (χ1n) is 5.39. The molecule has 0 bridgehead atoms. The highest BCUT2D eigenvalue weighted by Gasteiger charge is 2.21. The van der Waals surface area contributed by atoms with E-state index in [0.717, 1.165) is 41.9 Å². The first kappa shape index (κ1) is 12.1. The van der Waals surface area contributed by atoms with Crippen LogP contribution in [0.4, 0.5) is 0 Å². The lowest BCUT2D eigenvalue weighted by atomic mass is 10.3. The van der Waals surface area contributed by atoms with Crippen LogP contribution in [0.1, 0.15) is 16.1 Å². The molecular formula is C11H15BrN2OS. The molecule has 0 atom stereocenters. The van der Waals surface area contributed by atoms with Gasteiger partial charge < -0.3 is 9.80 Å². The second-order valence-electron chi connectivity index (χ2n) is 4.05. The van der Waals surface area contributed by atoms with Gasteiger partial charge in [0, 0.05) is 24.1 Å². The van der Waals surface area contributed by atoms with E-state index in [0.29, 0.717) is 0 Å². The van der Waals surface area contributed by atoms with Gasteiger partial charge in [-0.25, -0.2) is 0 Å². The molecule has 2 heterocycles. The van der Waals surface area contributed by atoms with Crippen molar-refractivity contribution in [3.63, 3.8) is 0 Å². The fourth-order valence-electron chi connectivity index (χ4n) is 1.84. The van der Waals surface area contributed by atoms with Crippen LogP contribution in [0.3, 0.4) is 0 Å². The number of nitrogens with zero attached hydrogens (tertiary/aromatic N) is 2. The summed E-state index contributed by atoms with van der Waals surface area (Å²) in [6.07, 6.45) is 1.06. The van der Waals surface area contributed by atoms with Crippen LogP contribution in [-0.2, 0) is 0 Å². The summed E-state index contributed by atoms with van der Waals surface area (Å²) >= 11 is 4.92. The number of hydrogen-bond donors (Lipinski definition) is 0. The minimum absolute atomic E-state index is 0.164. The van der Waals surface area contributed by atoms with E-state index in [9.17, 15) is 4.79 Å². The van der Waals surface area contributed by atoms with Crippen LogP contribution in [0.15, 0.2) is 15.9 Å². The van der Waals surface area contributed by atoms with Gasteiger partial charge in [0.2, 0.25) is 0 Å². The summed E-state index contributed by atoms with van der Waals surface area (Å²) in [6.45, 7) is 3.75. The van der Waals surface area contributed by atoms with Gasteiger partial charge in [0.05, 0.1) is 0 Å². The third-order valence-electron chi connectivity index (χ3n) is 2.82. The highest BCUT2D eigenvalue weighted by Crippen LogP contribution is 2.24. The second kappa shape index (κ2) is 5.29. The lowest BCUT2D eigenvalue weighted by Gasteiger charge is -2.19. The van der Waals surface area contributed by atoms with E-state index in [1.165, 1.54) is 11.3 Å². The highest BCUT2D eigenvalue weighted by molar-refractivity contribution is 9.10. The van der Waals surface area contributed by atoms with Crippen molar-refractivity contribution in [3.8, 4) is 0 Å². The SMILES string of the molecule is CN1CCCN(C(=O)c2sccc2Br)CC1. The summed E-state index contributed by atoms with van der Waals surface area (Å²) in [5, 5.41) is 1.95. The van der Waals surface area contributed by atoms with Gasteiger partial charge in [-0.2, -0.15) is 0 Å². The van der Waals surface area contributed by atoms with E-state index in [2.05, 4.69) is 27.9 Å². The van der Waals surface area contributed by atoms with E-state index in [1.54, 1.807) is 0 Å². The second-order valence-corrected chi connectivity index (χ2v) is 5.82. The molecule has 0 unspecified atom stereocenters. The van der Waals surface area contributed by atoms with Crippen molar-refractivity contribution in [2.45, 2.75) is 6.42 Å². The zero-order valence-corrected chi connectivity index (χ0v) is 11.7. The van der Waals surface area contributed by atoms with Crippen LogP contribution in [0.5, 0.6) is 0 Å². The van der Waals surface area contributed by atoms with Crippen molar-refractivity contribution in [3.05, 3.63) is 20.8 Å². The molecule has 88 valence electrons. The number of carbonyl (C=O) groups is 1. The number of thiophene rings is 1. The molecule has 1 amide bonds. The van der Waals surface area contributed by atoms with Crippen molar-refractivity contribution in [1.29, 1.82) is 0 Å². The Morgan fingerprint density at radius 2 is 2.19 bits per heavy atom. The molecule has 1 aromatic heterocycles. The van der Waals surface area contributed by atoms with E-state index >= 15 is 0 Å². The van der Waals surface area contributed by atoms with Crippen molar-refractivity contribution in [1.82, 2.24) is 9.80 Å². The van der Waals surface area contributed by atoms with Gasteiger partial charge >= 0.3 is 0 Å². The predicted molar refractivity (Wildman–Crippen MR) is 70.0 cm³/mol. The largest absolute Gasteiger partial charge is 0.337 e. The number of carbonyl (C=O) groups excluding carboxylic acids is 1. The molecule has 1 aliphatic rings. The van der Waals surface area contributed by atoms with Gasteiger partial charge in [0.1, 0.15) is 4.88 Å². The molecule has 0 aliphatic carbocycles. The maximum absolute atomic E-state index is 12.2. The molecular weight excluding hydrogens is 288 g/mol. The third kappa shape index (κ3) is 2.64. The molecule has 3 nitrogen and oxygen atoms in total. The van der Waals surface area contributed by atoms with Crippen molar-refractivity contribution < 1.29 is 4.79 Å². The Morgan fingerprint density at radius 1 is 1.38 bits per heavy atom. The third-order valence-corrected chi connectivity index (χ3v) is 4.64. The van der Waals surface area contributed by atoms with Crippen molar-refractivity contribution >= 4 is 33.2 Å². The van der Waals surface area contributed by atoms with E-state index in [1.807, 2.05) is 16.3 Å². The molecule has 0 spiro atoms. The van der Waals surface area contributed by atoms with Gasteiger partial charge in [0.25, 0.3) is 5.91 Å². The van der Waals surface area contributed by atoms with Gasteiger partial charge in [-0.15, -0.1) is 11.3 Å². The van der Waals surface area contributed by atoms with E-state index < -0.39 is 0 Å². The molecule has 5 heteroatoms. The Bertz CT molecular complexity index is 380. The molecule has 0 N–H and O–H groups in total. The standard InChI is InChI=1S/C11H15BrN2OS/c1-13-4-2-5-14(7-6-13)11(15)10-9(12)3-8-16-10/h3,8H,2,4-7H2,1H3. The van der Waals surface area contributed by atoms with Crippen LogP contribution < -0.4 is 0 Å². The van der Waals surface area contributed by atoms with E-state index in [4.69, 9.17) is 0 Å². The molecule has 2 rings (SSSR count). The molecule has 1 aromatic rings. The molecule has 0 aromatic carbocycles. The average Bonchev–Trinajstić information content (AvgIpc) is 2.56. The fourth-order valence-corrected chi connectivity index (χ4v) is 3.35. The maximum atomic E-state index is 12.2. The number of halogens is 1. The van der Waals surface area contributed by atoms with Gasteiger partial charge in [-0.05, 0) is 47.4 Å². The number of rotatable bonds is 1. The zero-order chi connectivity index (χ0) is 11.5. The number of amides is 1. The summed E-state index contributed by atoms with van der Waals surface area (Å²) in [6, 6.07) is 1.93. The van der Waals surface area contributed by atoms with Crippen LogP contribution in [0.25, 0.3) is 0 Å². The number of hydrogen-bond acceptors (Lipinski definition) is 3. The highest BCUT2D eigenvalue weighted by atomic mass is 79.9. The molecule has 1 saturated heterocycles. The Balaban J connectivity index is 2.07. The molecule has 0 saturated carbocycles. The first-order chi connectivity index (χ1) is 7.68. The van der Waals surface area contributed by atoms with E-state index in [-0.39, 0.29) is 5.91 Å². The summed E-state index contributed by atoms with van der Waals surface area (Å²) in [7, 11) is 2.11. The van der Waals surface area contributed by atoms with Crippen molar-refractivity contribution in [2.24, 2.45) is 0 Å². The van der Waals surface area contributed by atoms with Crippen LogP contribution in [0, 0.1) is 0 Å². The predicted octanol–water partition coefficient (Wildman–Crippen LogP) is 2.29. The lowest BCUT2D eigenvalue weighted by molar-refractivity contribution is 0.0767. The quantitative estimate of drug-likeness (QED) is 0.795. The molecule has 16 heavy (non-hydrogen) atoms. The summed E-state index contributed by atoms with van der Waals surface area (Å²) in [5.41, 5.74) is 0. The van der Waals surface area contributed by atoms with Gasteiger partial charge in [-0.1, -0.05) is 0 Å². The minimum Gasteiger partial charge on any atom is -0.337 e.